The summed E-state index contributed by atoms with van der Waals surface area (Å²) < 4.78 is 49.4. The van der Waals surface area contributed by atoms with E-state index < -0.39 is 36.3 Å². The molecule has 21 heavy (non-hydrogen) atoms. The van der Waals surface area contributed by atoms with Crippen molar-refractivity contribution in [2.24, 2.45) is 5.92 Å². The molecule has 1 N–H and O–H groups in total. The molecule has 1 aromatic heterocycles. The predicted octanol–water partition coefficient (Wildman–Crippen LogP) is 1.57. The molecule has 0 unspecified atom stereocenters. The fourth-order valence-electron chi connectivity index (χ4n) is 2.00. The first kappa shape index (κ1) is 15.2. The van der Waals surface area contributed by atoms with Gasteiger partial charge < -0.3 is 10.2 Å². The number of amides is 2. The maximum Gasteiger partial charge on any atom is 0.406 e. The first-order chi connectivity index (χ1) is 9.74. The monoisotopic (exact) mass is 305 g/mol. The zero-order valence-electron chi connectivity index (χ0n) is 10.7. The molecule has 1 aromatic rings. The molecule has 0 aromatic carbocycles. The summed E-state index contributed by atoms with van der Waals surface area (Å²) in [5.41, 5.74) is 0. The number of aromatic nitrogens is 1. The molecular formula is C12H11F4N3O2. The van der Waals surface area contributed by atoms with E-state index in [0.717, 1.165) is 12.3 Å². The Hall–Kier alpha value is -2.19. The lowest BCUT2D eigenvalue weighted by Crippen LogP contribution is -2.36. The minimum atomic E-state index is -4.50. The standard InChI is InChI=1S/C12H11F4N3O2/c13-8-1-2-9(17-4-8)18-11(21)7-3-10(20)19(5-7)6-12(14,15)16/h1-2,4,7H,3,5-6H2,(H,17,18,21)/t7-/m0/s1. The van der Waals surface area contributed by atoms with Crippen molar-refractivity contribution in [2.75, 3.05) is 18.4 Å². The van der Waals surface area contributed by atoms with Crippen molar-refractivity contribution in [2.45, 2.75) is 12.6 Å². The van der Waals surface area contributed by atoms with Crippen LogP contribution in [0.3, 0.4) is 0 Å². The molecule has 1 fully saturated rings. The van der Waals surface area contributed by atoms with Gasteiger partial charge in [0, 0.05) is 13.0 Å². The fraction of sp³-hybridized carbons (Fsp3) is 0.417. The van der Waals surface area contributed by atoms with Gasteiger partial charge >= 0.3 is 6.18 Å². The predicted molar refractivity (Wildman–Crippen MR) is 63.6 cm³/mol. The number of anilines is 1. The van der Waals surface area contributed by atoms with E-state index in [9.17, 15) is 27.2 Å². The molecule has 0 bridgehead atoms. The van der Waals surface area contributed by atoms with E-state index in [1.54, 1.807) is 0 Å². The third-order valence-electron chi connectivity index (χ3n) is 2.93. The highest BCUT2D eigenvalue weighted by Crippen LogP contribution is 2.24. The van der Waals surface area contributed by atoms with Gasteiger partial charge in [-0.05, 0) is 12.1 Å². The fourth-order valence-corrected chi connectivity index (χ4v) is 2.00. The molecule has 1 aliphatic rings. The first-order valence-electron chi connectivity index (χ1n) is 6.01. The zero-order chi connectivity index (χ0) is 15.6. The number of rotatable bonds is 3. The number of nitrogens with zero attached hydrogens (tertiary/aromatic N) is 2. The Kier molecular flexibility index (Phi) is 4.10. The molecule has 1 aliphatic heterocycles. The van der Waals surface area contributed by atoms with E-state index in [1.165, 1.54) is 6.07 Å². The average molecular weight is 305 g/mol. The normalized spacial score (nSPS) is 19.0. The molecule has 0 aliphatic carbocycles. The number of carbonyl (C=O) groups excluding carboxylic acids is 2. The van der Waals surface area contributed by atoms with Gasteiger partial charge in [0.2, 0.25) is 11.8 Å². The first-order valence-corrected chi connectivity index (χ1v) is 6.01. The highest BCUT2D eigenvalue weighted by atomic mass is 19.4. The lowest BCUT2D eigenvalue weighted by Gasteiger charge is -2.18. The molecule has 2 heterocycles. The van der Waals surface area contributed by atoms with Crippen molar-refractivity contribution in [3.8, 4) is 0 Å². The van der Waals surface area contributed by atoms with Crippen LogP contribution in [0.15, 0.2) is 18.3 Å². The topological polar surface area (TPSA) is 62.3 Å². The van der Waals surface area contributed by atoms with Crippen molar-refractivity contribution in [1.29, 1.82) is 0 Å². The molecular weight excluding hydrogens is 294 g/mol. The molecule has 1 saturated heterocycles. The Morgan fingerprint density at radius 2 is 2.14 bits per heavy atom. The maximum atomic E-state index is 12.7. The number of halogens is 4. The maximum absolute atomic E-state index is 12.7. The Morgan fingerprint density at radius 1 is 1.43 bits per heavy atom. The Bertz CT molecular complexity index is 544. The van der Waals surface area contributed by atoms with Crippen LogP contribution in [0, 0.1) is 11.7 Å². The van der Waals surface area contributed by atoms with Crippen molar-refractivity contribution < 1.29 is 27.2 Å². The van der Waals surface area contributed by atoms with E-state index in [4.69, 9.17) is 0 Å². The van der Waals surface area contributed by atoms with Gasteiger partial charge in [-0.3, -0.25) is 9.59 Å². The number of nitrogens with one attached hydrogen (secondary N) is 1. The smallest absolute Gasteiger partial charge is 0.333 e. The van der Waals surface area contributed by atoms with Gasteiger partial charge in [0.05, 0.1) is 12.1 Å². The highest BCUT2D eigenvalue weighted by molar-refractivity contribution is 5.96. The van der Waals surface area contributed by atoms with Gasteiger partial charge in [0.25, 0.3) is 0 Å². The summed E-state index contributed by atoms with van der Waals surface area (Å²) in [6.45, 7) is -1.67. The van der Waals surface area contributed by atoms with Crippen molar-refractivity contribution in [3.05, 3.63) is 24.1 Å². The molecule has 9 heteroatoms. The third kappa shape index (κ3) is 4.14. The van der Waals surface area contributed by atoms with Crippen LogP contribution in [0.2, 0.25) is 0 Å². The summed E-state index contributed by atoms with van der Waals surface area (Å²) in [5.74, 6) is -2.73. The number of likely N-dealkylation sites (tertiary alicyclic amines) is 1. The summed E-state index contributed by atoms with van der Waals surface area (Å²) in [4.78, 5) is 27.5. The van der Waals surface area contributed by atoms with Crippen LogP contribution in [0.4, 0.5) is 23.4 Å². The second kappa shape index (κ2) is 5.66. The van der Waals surface area contributed by atoms with Crippen LogP contribution in [0.1, 0.15) is 6.42 Å². The van der Waals surface area contributed by atoms with E-state index in [1.807, 2.05) is 0 Å². The average Bonchev–Trinajstić information content (AvgIpc) is 2.72. The quantitative estimate of drug-likeness (QED) is 0.862. The van der Waals surface area contributed by atoms with E-state index in [2.05, 4.69) is 10.3 Å². The molecule has 1 atom stereocenters. The van der Waals surface area contributed by atoms with E-state index >= 15 is 0 Å². The number of pyridine rings is 1. The van der Waals surface area contributed by atoms with Gasteiger partial charge in [-0.1, -0.05) is 0 Å². The van der Waals surface area contributed by atoms with Crippen molar-refractivity contribution in [1.82, 2.24) is 9.88 Å². The second-order valence-electron chi connectivity index (χ2n) is 4.64. The minimum Gasteiger partial charge on any atom is -0.333 e. The van der Waals surface area contributed by atoms with Crippen LogP contribution < -0.4 is 5.32 Å². The minimum absolute atomic E-state index is 0.0723. The molecule has 5 nitrogen and oxygen atoms in total. The van der Waals surface area contributed by atoms with Gasteiger partial charge in [0.1, 0.15) is 18.2 Å². The van der Waals surface area contributed by atoms with E-state index in [0.29, 0.717) is 4.90 Å². The molecule has 0 radical (unpaired) electrons. The third-order valence-corrected chi connectivity index (χ3v) is 2.93. The molecule has 114 valence electrons. The molecule has 2 rings (SSSR count). The van der Waals surface area contributed by atoms with Crippen LogP contribution in [0.5, 0.6) is 0 Å². The van der Waals surface area contributed by atoms with Crippen LogP contribution in [0.25, 0.3) is 0 Å². The second-order valence-corrected chi connectivity index (χ2v) is 4.64. The van der Waals surface area contributed by atoms with Crippen LogP contribution in [-0.4, -0.2) is 41.0 Å². The van der Waals surface area contributed by atoms with E-state index in [-0.39, 0.29) is 18.8 Å². The molecule has 2 amide bonds. The SMILES string of the molecule is O=C(Nc1ccc(F)cn1)[C@H]1CC(=O)N(CC(F)(F)F)C1. The van der Waals surface area contributed by atoms with Gasteiger partial charge in [-0.2, -0.15) is 13.2 Å². The van der Waals surface area contributed by atoms with Gasteiger partial charge in [0.15, 0.2) is 0 Å². The number of hydrogen-bond acceptors (Lipinski definition) is 3. The summed E-state index contributed by atoms with van der Waals surface area (Å²) >= 11 is 0. The Morgan fingerprint density at radius 3 is 2.71 bits per heavy atom. The number of hydrogen-bond donors (Lipinski definition) is 1. The zero-order valence-corrected chi connectivity index (χ0v) is 10.7. The van der Waals surface area contributed by atoms with Crippen molar-refractivity contribution >= 4 is 17.6 Å². The summed E-state index contributed by atoms with van der Waals surface area (Å²) in [6.07, 6.45) is -3.89. The summed E-state index contributed by atoms with van der Waals surface area (Å²) in [6, 6.07) is 2.30. The highest BCUT2D eigenvalue weighted by Gasteiger charge is 2.40. The summed E-state index contributed by atoms with van der Waals surface area (Å²) in [7, 11) is 0. The van der Waals surface area contributed by atoms with Crippen LogP contribution >= 0.6 is 0 Å². The van der Waals surface area contributed by atoms with Gasteiger partial charge in [-0.15, -0.1) is 0 Å². The van der Waals surface area contributed by atoms with Crippen molar-refractivity contribution in [3.63, 3.8) is 0 Å². The molecule has 0 saturated carbocycles. The number of alkyl halides is 3. The molecule has 0 spiro atoms. The lowest BCUT2D eigenvalue weighted by molar-refractivity contribution is -0.157. The number of carbonyl (C=O) groups is 2. The largest absolute Gasteiger partial charge is 0.406 e. The lowest BCUT2D eigenvalue weighted by atomic mass is 10.1. The Balaban J connectivity index is 1.95. The van der Waals surface area contributed by atoms with Gasteiger partial charge in [-0.25, -0.2) is 9.37 Å². The Labute approximate surface area is 116 Å². The summed E-state index contributed by atoms with van der Waals surface area (Å²) in [5, 5.41) is 2.34. The van der Waals surface area contributed by atoms with Crippen LogP contribution in [-0.2, 0) is 9.59 Å².